The highest BCUT2D eigenvalue weighted by molar-refractivity contribution is 5.65. The highest BCUT2D eigenvalue weighted by atomic mass is 16.7. The van der Waals surface area contributed by atoms with E-state index in [2.05, 4.69) is 0 Å². The number of rotatable bonds is 4. The normalized spacial score (nSPS) is 12.7. The molecule has 0 unspecified atom stereocenters. The van der Waals surface area contributed by atoms with Gasteiger partial charge in [-0.05, 0) is 13.3 Å². The standard InChI is InChI=1S/C7H14O3/c1-4-5-9-7(3)10-6(2)8/h7H,4-5H2,1-3H3/t7-/m1/s1. The van der Waals surface area contributed by atoms with Crippen LogP contribution in [0.3, 0.4) is 0 Å². The lowest BCUT2D eigenvalue weighted by atomic mass is 10.5. The molecule has 60 valence electrons. The fraction of sp³-hybridized carbons (Fsp3) is 0.857. The molecular formula is C7H14O3. The largest absolute Gasteiger partial charge is 0.436 e. The van der Waals surface area contributed by atoms with Crippen molar-refractivity contribution in [3.05, 3.63) is 0 Å². The van der Waals surface area contributed by atoms with Gasteiger partial charge in [-0.25, -0.2) is 0 Å². The van der Waals surface area contributed by atoms with Gasteiger partial charge in [0, 0.05) is 6.92 Å². The molecule has 0 aliphatic heterocycles. The molecule has 0 fully saturated rings. The molecule has 0 aromatic rings. The van der Waals surface area contributed by atoms with Crippen LogP contribution in [0.15, 0.2) is 0 Å². The van der Waals surface area contributed by atoms with Crippen LogP contribution in [-0.4, -0.2) is 18.9 Å². The minimum absolute atomic E-state index is 0.302. The second-order valence-corrected chi connectivity index (χ2v) is 2.05. The van der Waals surface area contributed by atoms with Crippen LogP contribution in [0.1, 0.15) is 27.2 Å². The topological polar surface area (TPSA) is 35.5 Å². The van der Waals surface area contributed by atoms with Crippen LogP contribution in [0.2, 0.25) is 0 Å². The highest BCUT2D eigenvalue weighted by Crippen LogP contribution is 1.94. The van der Waals surface area contributed by atoms with E-state index in [9.17, 15) is 4.79 Å². The smallest absolute Gasteiger partial charge is 0.304 e. The third kappa shape index (κ3) is 5.56. The van der Waals surface area contributed by atoms with Crippen molar-refractivity contribution in [2.45, 2.75) is 33.5 Å². The summed E-state index contributed by atoms with van der Waals surface area (Å²) < 4.78 is 9.75. The molecule has 0 heterocycles. The van der Waals surface area contributed by atoms with Crippen LogP contribution in [0.25, 0.3) is 0 Å². The molecule has 0 aliphatic carbocycles. The SMILES string of the molecule is CCCO[C@@H](C)OC(C)=O. The Labute approximate surface area is 61.3 Å². The van der Waals surface area contributed by atoms with Crippen molar-refractivity contribution < 1.29 is 14.3 Å². The Hall–Kier alpha value is -0.570. The summed E-state index contributed by atoms with van der Waals surface area (Å²) in [5.74, 6) is -0.302. The fourth-order valence-corrected chi connectivity index (χ4v) is 0.552. The maximum atomic E-state index is 10.3. The summed E-state index contributed by atoms with van der Waals surface area (Å²) in [4.78, 5) is 10.3. The van der Waals surface area contributed by atoms with E-state index in [0.717, 1.165) is 6.42 Å². The average Bonchev–Trinajstić information content (AvgIpc) is 1.82. The second kappa shape index (κ2) is 5.23. The number of hydrogen-bond acceptors (Lipinski definition) is 3. The van der Waals surface area contributed by atoms with Gasteiger partial charge in [-0.1, -0.05) is 6.92 Å². The zero-order valence-corrected chi connectivity index (χ0v) is 6.72. The minimum Gasteiger partial charge on any atom is -0.436 e. The Morgan fingerprint density at radius 2 is 2.20 bits per heavy atom. The molecule has 3 nitrogen and oxygen atoms in total. The quantitative estimate of drug-likeness (QED) is 0.443. The lowest BCUT2D eigenvalue weighted by Crippen LogP contribution is -2.16. The molecule has 10 heavy (non-hydrogen) atoms. The maximum absolute atomic E-state index is 10.3. The third-order valence-corrected chi connectivity index (χ3v) is 0.889. The van der Waals surface area contributed by atoms with Crippen molar-refractivity contribution in [1.29, 1.82) is 0 Å². The molecule has 1 atom stereocenters. The summed E-state index contributed by atoms with van der Waals surface area (Å²) in [5.41, 5.74) is 0. The minimum atomic E-state index is -0.405. The van der Waals surface area contributed by atoms with Gasteiger partial charge in [0.1, 0.15) is 0 Å². The van der Waals surface area contributed by atoms with E-state index in [4.69, 9.17) is 9.47 Å². The Kier molecular flexibility index (Phi) is 4.94. The highest BCUT2D eigenvalue weighted by Gasteiger charge is 2.02. The molecule has 0 aliphatic rings. The molecule has 0 amide bonds. The molecule has 0 aromatic heterocycles. The lowest BCUT2D eigenvalue weighted by molar-refractivity contribution is -0.171. The summed E-state index contributed by atoms with van der Waals surface area (Å²) in [6, 6.07) is 0. The summed E-state index contributed by atoms with van der Waals surface area (Å²) in [6.07, 6.45) is 0.531. The van der Waals surface area contributed by atoms with Crippen molar-refractivity contribution in [1.82, 2.24) is 0 Å². The van der Waals surface area contributed by atoms with Crippen molar-refractivity contribution in [3.63, 3.8) is 0 Å². The number of carbonyl (C=O) groups is 1. The van der Waals surface area contributed by atoms with Crippen molar-refractivity contribution in [3.8, 4) is 0 Å². The predicted octanol–water partition coefficient (Wildman–Crippen LogP) is 1.32. The Balaban J connectivity index is 3.25. The summed E-state index contributed by atoms with van der Waals surface area (Å²) in [6.45, 7) is 5.71. The van der Waals surface area contributed by atoms with Gasteiger partial charge in [-0.2, -0.15) is 0 Å². The molecule has 0 aromatic carbocycles. The van der Waals surface area contributed by atoms with Crippen molar-refractivity contribution in [2.75, 3.05) is 6.61 Å². The number of hydrogen-bond donors (Lipinski definition) is 0. The molecule has 0 rings (SSSR count). The molecule has 0 spiro atoms. The monoisotopic (exact) mass is 146 g/mol. The van der Waals surface area contributed by atoms with E-state index in [1.165, 1.54) is 6.92 Å². The van der Waals surface area contributed by atoms with Crippen LogP contribution in [0, 0.1) is 0 Å². The van der Waals surface area contributed by atoms with E-state index < -0.39 is 6.29 Å². The Bertz CT molecular complexity index is 101. The van der Waals surface area contributed by atoms with Crippen molar-refractivity contribution in [2.24, 2.45) is 0 Å². The van der Waals surface area contributed by atoms with Crippen LogP contribution in [0.5, 0.6) is 0 Å². The van der Waals surface area contributed by atoms with Crippen LogP contribution in [0.4, 0.5) is 0 Å². The van der Waals surface area contributed by atoms with Gasteiger partial charge in [0.25, 0.3) is 0 Å². The first-order chi connectivity index (χ1) is 4.66. The number of carbonyl (C=O) groups excluding carboxylic acids is 1. The zero-order valence-electron chi connectivity index (χ0n) is 6.72. The zero-order chi connectivity index (χ0) is 7.98. The van der Waals surface area contributed by atoms with Gasteiger partial charge in [0.2, 0.25) is 0 Å². The van der Waals surface area contributed by atoms with Gasteiger partial charge in [-0.3, -0.25) is 4.79 Å². The van der Waals surface area contributed by atoms with E-state index in [0.29, 0.717) is 6.61 Å². The van der Waals surface area contributed by atoms with Gasteiger partial charge >= 0.3 is 5.97 Å². The first-order valence-corrected chi connectivity index (χ1v) is 3.45. The van der Waals surface area contributed by atoms with E-state index in [-0.39, 0.29) is 5.97 Å². The van der Waals surface area contributed by atoms with Crippen molar-refractivity contribution >= 4 is 5.97 Å². The van der Waals surface area contributed by atoms with Crippen LogP contribution in [-0.2, 0) is 14.3 Å². The Morgan fingerprint density at radius 1 is 1.60 bits per heavy atom. The maximum Gasteiger partial charge on any atom is 0.304 e. The van der Waals surface area contributed by atoms with E-state index in [1.807, 2.05) is 6.92 Å². The van der Waals surface area contributed by atoms with Gasteiger partial charge in [0.15, 0.2) is 6.29 Å². The first kappa shape index (κ1) is 9.43. The van der Waals surface area contributed by atoms with Crippen LogP contribution >= 0.6 is 0 Å². The summed E-state index contributed by atoms with van der Waals surface area (Å²) in [5, 5.41) is 0. The van der Waals surface area contributed by atoms with Gasteiger partial charge in [-0.15, -0.1) is 0 Å². The molecule has 0 saturated heterocycles. The number of esters is 1. The Morgan fingerprint density at radius 3 is 2.60 bits per heavy atom. The third-order valence-electron chi connectivity index (χ3n) is 0.889. The molecule has 0 N–H and O–H groups in total. The summed E-state index contributed by atoms with van der Waals surface area (Å²) >= 11 is 0. The van der Waals surface area contributed by atoms with E-state index in [1.54, 1.807) is 6.92 Å². The molecule has 3 heteroatoms. The summed E-state index contributed by atoms with van der Waals surface area (Å²) in [7, 11) is 0. The predicted molar refractivity (Wildman–Crippen MR) is 37.5 cm³/mol. The lowest BCUT2D eigenvalue weighted by Gasteiger charge is -2.11. The molecular weight excluding hydrogens is 132 g/mol. The second-order valence-electron chi connectivity index (χ2n) is 2.05. The average molecular weight is 146 g/mol. The van der Waals surface area contributed by atoms with Crippen LogP contribution < -0.4 is 0 Å². The first-order valence-electron chi connectivity index (χ1n) is 3.45. The molecule has 0 radical (unpaired) electrons. The molecule has 0 bridgehead atoms. The number of ether oxygens (including phenoxy) is 2. The van der Waals surface area contributed by atoms with Gasteiger partial charge in [0.05, 0.1) is 6.61 Å². The van der Waals surface area contributed by atoms with E-state index >= 15 is 0 Å². The molecule has 0 saturated carbocycles. The van der Waals surface area contributed by atoms with Gasteiger partial charge < -0.3 is 9.47 Å². The fourth-order valence-electron chi connectivity index (χ4n) is 0.552.